The van der Waals surface area contributed by atoms with Crippen LogP contribution in [0.15, 0.2) is 103 Å². The number of fused-ring (bicyclic) bond motifs is 1. The van der Waals surface area contributed by atoms with Gasteiger partial charge < -0.3 is 0 Å². The summed E-state index contributed by atoms with van der Waals surface area (Å²) in [5, 5.41) is 6.74. The zero-order chi connectivity index (χ0) is 27.1. The molecule has 0 atom stereocenters. The summed E-state index contributed by atoms with van der Waals surface area (Å²) < 4.78 is 2.19. The SMILES string of the molecule is [C-]#[N+]c1cc(C)c(C)c(-c2c3ccc([Si](c4ccccc4)(c4ccccc4)C(C)(C)C)cc3cc[n+]2C)c1. The Kier molecular flexibility index (Phi) is 6.55. The maximum absolute atomic E-state index is 7.63. The molecule has 1 aromatic heterocycles. The molecule has 0 amide bonds. The van der Waals surface area contributed by atoms with Gasteiger partial charge >= 0.3 is 0 Å². The minimum atomic E-state index is -2.43. The maximum Gasteiger partial charge on any atom is 0.219 e. The Balaban J connectivity index is 1.85. The van der Waals surface area contributed by atoms with Crippen molar-refractivity contribution in [3.8, 4) is 11.3 Å². The third kappa shape index (κ3) is 4.06. The predicted molar refractivity (Wildman–Crippen MR) is 164 cm³/mol. The van der Waals surface area contributed by atoms with Crippen molar-refractivity contribution in [2.45, 2.75) is 39.7 Å². The quantitative estimate of drug-likeness (QED) is 0.109. The van der Waals surface area contributed by atoms with Gasteiger partial charge in [0.2, 0.25) is 5.69 Å². The smallest absolute Gasteiger partial charge is 0.219 e. The Morgan fingerprint density at radius 2 is 1.34 bits per heavy atom. The van der Waals surface area contributed by atoms with Crippen LogP contribution in [0.25, 0.3) is 26.9 Å². The van der Waals surface area contributed by atoms with Crippen LogP contribution >= 0.6 is 0 Å². The number of rotatable bonds is 4. The largest absolute Gasteiger partial charge is 0.238 e. The van der Waals surface area contributed by atoms with Crippen molar-refractivity contribution in [1.29, 1.82) is 0 Å². The zero-order valence-electron chi connectivity index (χ0n) is 23.2. The first-order valence-electron chi connectivity index (χ1n) is 13.2. The molecule has 3 heteroatoms. The van der Waals surface area contributed by atoms with E-state index in [1.165, 1.54) is 31.9 Å². The van der Waals surface area contributed by atoms with E-state index in [1.807, 2.05) is 12.1 Å². The fourth-order valence-corrected chi connectivity index (χ4v) is 12.0. The van der Waals surface area contributed by atoms with Crippen LogP contribution in [0.4, 0.5) is 5.69 Å². The lowest BCUT2D eigenvalue weighted by Crippen LogP contribution is -2.72. The van der Waals surface area contributed by atoms with E-state index in [0.717, 1.165) is 16.8 Å². The average Bonchev–Trinajstić information content (AvgIpc) is 2.91. The monoisotopic (exact) mass is 511 g/mol. The first kappa shape index (κ1) is 25.6. The summed E-state index contributed by atoms with van der Waals surface area (Å²) in [5.41, 5.74) is 5.33. The second-order valence-electron chi connectivity index (χ2n) is 11.4. The van der Waals surface area contributed by atoms with Crippen LogP contribution in [0.1, 0.15) is 31.9 Å². The molecule has 0 aliphatic heterocycles. The van der Waals surface area contributed by atoms with Crippen LogP contribution < -0.4 is 20.1 Å². The Bertz CT molecular complexity index is 1630. The van der Waals surface area contributed by atoms with Gasteiger partial charge in [-0.2, -0.15) is 0 Å². The molecule has 0 aliphatic rings. The summed E-state index contributed by atoms with van der Waals surface area (Å²) in [5.74, 6) is 0. The molecule has 0 fully saturated rings. The molecule has 38 heavy (non-hydrogen) atoms. The molecule has 0 unspecified atom stereocenters. The molecule has 0 aliphatic carbocycles. The highest BCUT2D eigenvalue weighted by molar-refractivity contribution is 7.13. The summed E-state index contributed by atoms with van der Waals surface area (Å²) in [6.07, 6.45) is 2.16. The van der Waals surface area contributed by atoms with E-state index in [-0.39, 0.29) is 5.04 Å². The van der Waals surface area contributed by atoms with Crippen LogP contribution in [0.3, 0.4) is 0 Å². The molecule has 1 heterocycles. The van der Waals surface area contributed by atoms with E-state index < -0.39 is 8.07 Å². The van der Waals surface area contributed by atoms with E-state index in [2.05, 4.69) is 142 Å². The Hall–Kier alpha value is -4.00. The minimum absolute atomic E-state index is 0.0311. The van der Waals surface area contributed by atoms with E-state index in [0.29, 0.717) is 5.69 Å². The number of hydrogen-bond acceptors (Lipinski definition) is 0. The first-order chi connectivity index (χ1) is 18.2. The second kappa shape index (κ2) is 9.71. The molecular formula is C35H35N2Si+. The van der Waals surface area contributed by atoms with Crippen molar-refractivity contribution in [1.82, 2.24) is 0 Å². The Morgan fingerprint density at radius 1 is 0.737 bits per heavy atom. The molecule has 0 saturated carbocycles. The van der Waals surface area contributed by atoms with Crippen LogP contribution in [0.5, 0.6) is 0 Å². The maximum atomic E-state index is 7.63. The molecule has 5 rings (SSSR count). The fraction of sp³-hybridized carbons (Fsp3) is 0.200. The van der Waals surface area contributed by atoms with Crippen LogP contribution in [0, 0.1) is 20.4 Å². The third-order valence-electron chi connectivity index (χ3n) is 8.15. The summed E-state index contributed by atoms with van der Waals surface area (Å²) in [7, 11) is -0.333. The van der Waals surface area contributed by atoms with Crippen molar-refractivity contribution < 1.29 is 4.57 Å². The van der Waals surface area contributed by atoms with Gasteiger partial charge in [0.1, 0.15) is 7.05 Å². The molecule has 0 spiro atoms. The molecule has 0 saturated heterocycles. The molecule has 0 N–H and O–H groups in total. The fourth-order valence-electron chi connectivity index (χ4n) is 6.27. The molecular weight excluding hydrogens is 476 g/mol. The van der Waals surface area contributed by atoms with E-state index >= 15 is 0 Å². The lowest BCUT2D eigenvalue weighted by atomic mass is 9.96. The first-order valence-corrected chi connectivity index (χ1v) is 15.2. The summed E-state index contributed by atoms with van der Waals surface area (Å²) >= 11 is 0. The number of aryl methyl sites for hydroxylation is 2. The molecule has 5 aromatic rings. The minimum Gasteiger partial charge on any atom is -0.238 e. The van der Waals surface area contributed by atoms with E-state index in [1.54, 1.807) is 0 Å². The van der Waals surface area contributed by atoms with Gasteiger partial charge in [0.15, 0.2) is 20.0 Å². The lowest BCUT2D eigenvalue weighted by Gasteiger charge is -2.44. The number of nitrogens with zero attached hydrogens (tertiary/aromatic N) is 2. The van der Waals surface area contributed by atoms with Crippen molar-refractivity contribution in [3.05, 3.63) is 126 Å². The van der Waals surface area contributed by atoms with Gasteiger partial charge in [0.05, 0.1) is 12.0 Å². The third-order valence-corrected chi connectivity index (χ3v) is 14.0. The number of aromatic nitrogens is 1. The predicted octanol–water partition coefficient (Wildman–Crippen LogP) is 6.77. The van der Waals surface area contributed by atoms with Gasteiger partial charge in [0.25, 0.3) is 0 Å². The summed E-state index contributed by atoms with van der Waals surface area (Å²) in [4.78, 5) is 3.76. The highest BCUT2D eigenvalue weighted by atomic mass is 28.3. The van der Waals surface area contributed by atoms with Gasteiger partial charge in [-0.1, -0.05) is 105 Å². The summed E-state index contributed by atoms with van der Waals surface area (Å²) in [6.45, 7) is 19.1. The van der Waals surface area contributed by atoms with Crippen LogP contribution in [0.2, 0.25) is 5.04 Å². The van der Waals surface area contributed by atoms with Crippen molar-refractivity contribution in [2.24, 2.45) is 7.05 Å². The lowest BCUT2D eigenvalue weighted by molar-refractivity contribution is -0.659. The number of pyridine rings is 1. The molecule has 0 radical (unpaired) electrons. The Labute approximate surface area is 228 Å². The van der Waals surface area contributed by atoms with Crippen molar-refractivity contribution in [2.75, 3.05) is 0 Å². The molecule has 188 valence electrons. The van der Waals surface area contributed by atoms with Crippen molar-refractivity contribution in [3.63, 3.8) is 0 Å². The average molecular weight is 512 g/mol. The van der Waals surface area contributed by atoms with Crippen LogP contribution in [-0.4, -0.2) is 8.07 Å². The summed E-state index contributed by atoms with van der Waals surface area (Å²) in [6, 6.07) is 35.7. The molecule has 2 nitrogen and oxygen atoms in total. The van der Waals surface area contributed by atoms with Gasteiger partial charge in [-0.15, -0.1) is 0 Å². The highest BCUT2D eigenvalue weighted by Gasteiger charge is 2.49. The topological polar surface area (TPSA) is 8.24 Å². The van der Waals surface area contributed by atoms with Crippen molar-refractivity contribution >= 4 is 40.1 Å². The van der Waals surface area contributed by atoms with Gasteiger partial charge in [-0.25, -0.2) is 9.41 Å². The van der Waals surface area contributed by atoms with Gasteiger partial charge in [-0.3, -0.25) is 0 Å². The molecule has 4 aromatic carbocycles. The zero-order valence-corrected chi connectivity index (χ0v) is 24.2. The van der Waals surface area contributed by atoms with Crippen LogP contribution in [-0.2, 0) is 7.05 Å². The number of benzene rings is 4. The number of hydrogen-bond donors (Lipinski definition) is 0. The molecule has 0 bridgehead atoms. The normalized spacial score (nSPS) is 11.9. The highest BCUT2D eigenvalue weighted by Crippen LogP contribution is 2.37. The standard InChI is InChI=1S/C35H35N2Si/c1-25-22-28(36-6)24-33(26(25)2)34-32-19-18-31(23-27(32)20-21-37(34)7)38(35(3,4)5,29-14-10-8-11-15-29)30-16-12-9-13-17-30/h8-24H,1-5,7H3/q+1. The van der Waals surface area contributed by atoms with Gasteiger partial charge in [-0.05, 0) is 57.5 Å². The van der Waals surface area contributed by atoms with Gasteiger partial charge in [0, 0.05) is 11.6 Å². The van der Waals surface area contributed by atoms with E-state index in [9.17, 15) is 0 Å². The Morgan fingerprint density at radius 3 is 1.89 bits per heavy atom. The van der Waals surface area contributed by atoms with E-state index in [4.69, 9.17) is 6.57 Å². The second-order valence-corrected chi connectivity index (χ2v) is 16.1.